The van der Waals surface area contributed by atoms with Crippen molar-refractivity contribution in [2.75, 3.05) is 0 Å². The van der Waals surface area contributed by atoms with E-state index in [9.17, 15) is 9.59 Å². The molecule has 14 heavy (non-hydrogen) atoms. The standard InChI is InChI=1S/C10H17NO3/c1-4-7-10(2,3)14-11-8(12)5-6-9(11)13/h4-7H2,1-3H3. The summed E-state index contributed by atoms with van der Waals surface area (Å²) in [6.07, 6.45) is 2.34. The average molecular weight is 199 g/mol. The molecule has 1 aliphatic heterocycles. The minimum Gasteiger partial charge on any atom is -0.272 e. The Morgan fingerprint density at radius 3 is 2.21 bits per heavy atom. The van der Waals surface area contributed by atoms with Crippen LogP contribution in [0.25, 0.3) is 0 Å². The normalized spacial score (nSPS) is 18.1. The summed E-state index contributed by atoms with van der Waals surface area (Å²) in [7, 11) is 0. The van der Waals surface area contributed by atoms with E-state index in [4.69, 9.17) is 4.84 Å². The summed E-state index contributed by atoms with van der Waals surface area (Å²) in [5.41, 5.74) is -0.440. The Morgan fingerprint density at radius 2 is 1.79 bits per heavy atom. The van der Waals surface area contributed by atoms with Crippen molar-refractivity contribution >= 4 is 11.8 Å². The van der Waals surface area contributed by atoms with Gasteiger partial charge in [0.25, 0.3) is 11.8 Å². The number of hydrogen-bond donors (Lipinski definition) is 0. The van der Waals surface area contributed by atoms with Crippen molar-refractivity contribution in [2.45, 2.75) is 52.1 Å². The van der Waals surface area contributed by atoms with Gasteiger partial charge in [-0.2, -0.15) is 5.06 Å². The fraction of sp³-hybridized carbons (Fsp3) is 0.800. The van der Waals surface area contributed by atoms with Gasteiger partial charge in [-0.1, -0.05) is 13.3 Å². The molecule has 0 aromatic heterocycles. The summed E-state index contributed by atoms with van der Waals surface area (Å²) in [5.74, 6) is -0.446. The third-order valence-corrected chi connectivity index (χ3v) is 2.20. The molecule has 1 fully saturated rings. The van der Waals surface area contributed by atoms with E-state index in [0.717, 1.165) is 17.9 Å². The van der Waals surface area contributed by atoms with Crippen LogP contribution in [0.4, 0.5) is 0 Å². The smallest absolute Gasteiger partial charge is 0.254 e. The number of carbonyl (C=O) groups excluding carboxylic acids is 2. The Balaban J connectivity index is 2.58. The molecule has 4 heteroatoms. The quantitative estimate of drug-likeness (QED) is 0.647. The van der Waals surface area contributed by atoms with Gasteiger partial charge in [-0.05, 0) is 20.3 Å². The molecule has 0 saturated carbocycles. The first kappa shape index (κ1) is 11.2. The minimum atomic E-state index is -0.440. The van der Waals surface area contributed by atoms with E-state index in [1.54, 1.807) is 0 Å². The Kier molecular flexibility index (Phi) is 3.26. The van der Waals surface area contributed by atoms with Crippen molar-refractivity contribution in [3.63, 3.8) is 0 Å². The fourth-order valence-electron chi connectivity index (χ4n) is 1.55. The van der Waals surface area contributed by atoms with Gasteiger partial charge in [0.15, 0.2) is 0 Å². The molecule has 0 N–H and O–H groups in total. The van der Waals surface area contributed by atoms with Gasteiger partial charge in [0, 0.05) is 12.8 Å². The van der Waals surface area contributed by atoms with Gasteiger partial charge < -0.3 is 0 Å². The van der Waals surface area contributed by atoms with E-state index < -0.39 is 5.60 Å². The number of nitrogens with zero attached hydrogens (tertiary/aromatic N) is 1. The van der Waals surface area contributed by atoms with Crippen molar-refractivity contribution in [1.82, 2.24) is 5.06 Å². The van der Waals surface area contributed by atoms with Gasteiger partial charge in [0.2, 0.25) is 0 Å². The first-order valence-corrected chi connectivity index (χ1v) is 5.01. The third kappa shape index (κ3) is 2.54. The highest BCUT2D eigenvalue weighted by molar-refractivity contribution is 6.00. The van der Waals surface area contributed by atoms with Gasteiger partial charge in [-0.15, -0.1) is 0 Å². The van der Waals surface area contributed by atoms with Gasteiger partial charge >= 0.3 is 0 Å². The second-order valence-electron chi connectivity index (χ2n) is 4.18. The SMILES string of the molecule is CCCC(C)(C)ON1C(=O)CCC1=O. The van der Waals surface area contributed by atoms with E-state index in [1.165, 1.54) is 0 Å². The summed E-state index contributed by atoms with van der Waals surface area (Å²) in [6.45, 7) is 5.81. The monoisotopic (exact) mass is 199 g/mol. The van der Waals surface area contributed by atoms with Crippen molar-refractivity contribution in [1.29, 1.82) is 0 Å². The lowest BCUT2D eigenvalue weighted by Crippen LogP contribution is -2.39. The number of hydroxylamine groups is 2. The van der Waals surface area contributed by atoms with Crippen LogP contribution in [0, 0.1) is 0 Å². The molecule has 0 atom stereocenters. The topological polar surface area (TPSA) is 46.6 Å². The lowest BCUT2D eigenvalue weighted by molar-refractivity contribution is -0.224. The predicted molar refractivity (Wildman–Crippen MR) is 51.2 cm³/mol. The van der Waals surface area contributed by atoms with Crippen LogP contribution in [0.1, 0.15) is 46.5 Å². The average Bonchev–Trinajstić information content (AvgIpc) is 2.35. The molecular formula is C10H17NO3. The number of imide groups is 1. The second-order valence-corrected chi connectivity index (χ2v) is 4.18. The van der Waals surface area contributed by atoms with E-state index in [-0.39, 0.29) is 24.7 Å². The zero-order valence-electron chi connectivity index (χ0n) is 9.00. The van der Waals surface area contributed by atoms with Crippen LogP contribution >= 0.6 is 0 Å². The molecule has 0 aromatic carbocycles. The van der Waals surface area contributed by atoms with Gasteiger partial charge in [-0.3, -0.25) is 14.4 Å². The molecule has 1 saturated heterocycles. The number of carbonyl (C=O) groups is 2. The molecular weight excluding hydrogens is 182 g/mol. The molecule has 2 amide bonds. The van der Waals surface area contributed by atoms with Crippen LogP contribution in [-0.2, 0) is 14.4 Å². The van der Waals surface area contributed by atoms with Crippen molar-refractivity contribution in [3.05, 3.63) is 0 Å². The van der Waals surface area contributed by atoms with E-state index in [2.05, 4.69) is 0 Å². The highest BCUT2D eigenvalue weighted by Gasteiger charge is 2.34. The highest BCUT2D eigenvalue weighted by Crippen LogP contribution is 2.22. The summed E-state index contributed by atoms with van der Waals surface area (Å²) in [6, 6.07) is 0. The van der Waals surface area contributed by atoms with Gasteiger partial charge in [-0.25, -0.2) is 0 Å². The summed E-state index contributed by atoms with van der Waals surface area (Å²) >= 11 is 0. The molecule has 0 bridgehead atoms. The van der Waals surface area contributed by atoms with Crippen LogP contribution in [0.5, 0.6) is 0 Å². The van der Waals surface area contributed by atoms with Crippen LogP contribution in [0.2, 0.25) is 0 Å². The maximum atomic E-state index is 11.2. The molecule has 1 heterocycles. The highest BCUT2D eigenvalue weighted by atomic mass is 16.7. The first-order chi connectivity index (χ1) is 6.46. The zero-order valence-corrected chi connectivity index (χ0v) is 9.00. The van der Waals surface area contributed by atoms with Gasteiger partial charge in [0.05, 0.1) is 5.60 Å². The zero-order chi connectivity index (χ0) is 10.8. The number of hydrogen-bond acceptors (Lipinski definition) is 3. The number of amides is 2. The first-order valence-electron chi connectivity index (χ1n) is 5.01. The van der Waals surface area contributed by atoms with E-state index in [1.807, 2.05) is 20.8 Å². The van der Waals surface area contributed by atoms with Crippen LogP contribution in [0.15, 0.2) is 0 Å². The van der Waals surface area contributed by atoms with Crippen LogP contribution in [-0.4, -0.2) is 22.5 Å². The van der Waals surface area contributed by atoms with Crippen LogP contribution in [0.3, 0.4) is 0 Å². The van der Waals surface area contributed by atoms with Crippen molar-refractivity contribution in [3.8, 4) is 0 Å². The summed E-state index contributed by atoms with van der Waals surface area (Å²) in [5, 5.41) is 0.926. The summed E-state index contributed by atoms with van der Waals surface area (Å²) in [4.78, 5) is 27.9. The molecule has 0 unspecified atom stereocenters. The predicted octanol–water partition coefficient (Wildman–Crippen LogP) is 1.65. The molecule has 0 aromatic rings. The Labute approximate surface area is 84.2 Å². The number of rotatable bonds is 4. The summed E-state index contributed by atoms with van der Waals surface area (Å²) < 4.78 is 0. The minimum absolute atomic E-state index is 0.223. The van der Waals surface area contributed by atoms with E-state index in [0.29, 0.717) is 0 Å². The molecule has 0 spiro atoms. The third-order valence-electron chi connectivity index (χ3n) is 2.20. The molecule has 0 aliphatic carbocycles. The fourth-order valence-corrected chi connectivity index (χ4v) is 1.55. The largest absolute Gasteiger partial charge is 0.272 e. The Hall–Kier alpha value is -0.900. The molecule has 80 valence electrons. The van der Waals surface area contributed by atoms with Gasteiger partial charge in [0.1, 0.15) is 0 Å². The van der Waals surface area contributed by atoms with E-state index >= 15 is 0 Å². The van der Waals surface area contributed by atoms with Crippen molar-refractivity contribution < 1.29 is 14.4 Å². The molecule has 0 radical (unpaired) electrons. The Bertz CT molecular complexity index is 232. The molecule has 1 rings (SSSR count). The maximum absolute atomic E-state index is 11.2. The maximum Gasteiger partial charge on any atom is 0.254 e. The lowest BCUT2D eigenvalue weighted by atomic mass is 10.0. The van der Waals surface area contributed by atoms with Crippen molar-refractivity contribution in [2.24, 2.45) is 0 Å². The Morgan fingerprint density at radius 1 is 1.29 bits per heavy atom. The van der Waals surface area contributed by atoms with Crippen LogP contribution < -0.4 is 0 Å². The molecule has 4 nitrogen and oxygen atoms in total. The lowest BCUT2D eigenvalue weighted by Gasteiger charge is -2.28. The second kappa shape index (κ2) is 4.09. The molecule has 1 aliphatic rings.